The van der Waals surface area contributed by atoms with E-state index in [1.54, 1.807) is 105 Å². The van der Waals surface area contributed by atoms with Crippen LogP contribution in [-0.2, 0) is 65.0 Å². The van der Waals surface area contributed by atoms with Crippen molar-refractivity contribution in [3.63, 3.8) is 0 Å². The van der Waals surface area contributed by atoms with Crippen LogP contribution >= 0.6 is 79.6 Å². The van der Waals surface area contributed by atoms with E-state index >= 15 is 0 Å². The zero-order valence-electron chi connectivity index (χ0n) is 77.7. The number of halogens is 1. The molecular weight excluding hydrogens is 2030 g/mol. The lowest BCUT2D eigenvalue weighted by atomic mass is 9.92. The van der Waals surface area contributed by atoms with E-state index in [-0.39, 0.29) is 58.0 Å². The number of nitrogens with zero attached hydrogens (tertiary/aromatic N) is 26. The van der Waals surface area contributed by atoms with Gasteiger partial charge in [0, 0.05) is 41.3 Å². The lowest BCUT2D eigenvalue weighted by Crippen LogP contribution is -2.54. The fourth-order valence-corrected chi connectivity index (χ4v) is 17.5. The maximum atomic E-state index is 12.9. The summed E-state index contributed by atoms with van der Waals surface area (Å²) in [6.07, 6.45) is 15.3. The second kappa shape index (κ2) is 45.9. The van der Waals surface area contributed by atoms with Gasteiger partial charge >= 0.3 is 35.8 Å². The highest BCUT2D eigenvalue weighted by atomic mass is 35.5. The molecule has 750 valence electrons. The molecule has 17 N–H and O–H groups in total. The Morgan fingerprint density at radius 3 is 1.19 bits per heavy atom. The third kappa shape index (κ3) is 21.9. The molecule has 16 aromatic heterocycles. The topological polar surface area (TPSA) is 710 Å². The van der Waals surface area contributed by atoms with E-state index in [4.69, 9.17) is 75.3 Å². The van der Waals surface area contributed by atoms with Crippen LogP contribution in [-0.4, -0.2) is 251 Å². The van der Waals surface area contributed by atoms with Crippen molar-refractivity contribution >= 4 is 212 Å². The number of carboxylic acid groups (broad SMARTS) is 2. The number of hydrogen-bond acceptors (Lipinski definition) is 47. The maximum absolute atomic E-state index is 12.9. The summed E-state index contributed by atoms with van der Waals surface area (Å²) in [6.45, 7) is 7.79. The molecule has 21 rings (SSSR count). The lowest BCUT2D eigenvalue weighted by Gasteiger charge is -2.34. The quantitative estimate of drug-likeness (QED) is 0.00576. The summed E-state index contributed by atoms with van der Waals surface area (Å²) >= 11 is 13.8. The number of ketones is 1. The van der Waals surface area contributed by atoms with E-state index in [1.807, 2.05) is 101 Å². The van der Waals surface area contributed by atoms with Crippen LogP contribution in [0.1, 0.15) is 88.8 Å². The van der Waals surface area contributed by atoms with Crippen LogP contribution in [0.3, 0.4) is 0 Å². The summed E-state index contributed by atoms with van der Waals surface area (Å²) < 4.78 is 32.9. The van der Waals surface area contributed by atoms with Crippen molar-refractivity contribution in [1.29, 1.82) is 0 Å². The molecule has 57 heteroatoms. The Hall–Kier alpha value is -17.1. The van der Waals surface area contributed by atoms with Gasteiger partial charge in [0.15, 0.2) is 71.1 Å². The van der Waals surface area contributed by atoms with Gasteiger partial charge in [-0.15, -0.1) is 78.2 Å². The zero-order valence-corrected chi connectivity index (χ0v) is 83.3. The number of carbonyl (C=O) groups excluding carboxylic acids is 6. The molecular formula is C89H85ClN34O16S6. The number of methoxy groups -OCH3 is 4. The first-order valence-corrected chi connectivity index (χ1v) is 48.0. The smallest absolute Gasteiger partial charge is 0.349 e. The number of aliphatic carboxylic acids is 1. The standard InChI is InChI=1S/C20H19N7O3S.C19H16N8O2S.C18H14N8O2S.C15H14ClN5O2.C5H5NO2S.C4H5N3OS.C4H3NO2S.C4H9NO2/c1-20(18(29)30-2,12-6-4-3-5-7-12)27-16-13(10-24-27)15(25-19(21)26-16)23-11-14(28)17-22-8-9-31-17;1-19(17(28)29-2,11-6-4-3-5-7-11)27-15-12(10-22-27)14-23-13(16-21-8-9-30-16)25-26(14)18(20)24-15;1-18(16(27)28,10-5-3-2-4-6-10)26-14-11(9-21-26)13-22-12(15-20-7-8-29-15)24-25(13)17(19)23-14;1-15(13(22)23-2,9-6-4-3-5-7-9)21-12-10(8-18-21)11(16)19-14(17)20-12;1-8-5(7)4-2-6-3-9-4;5-7-4(8)3-1-6-2-9-3;6-4(7)3-1-5-2-8-3;5-1-4(6)2-7-3-4/h3-10H,11H2,1-2H3,(H3,21,23,25,26);3-10H,1-2H3,(H2,20,24);2-9H,1H3,(H2,19,23)(H,27,28);3-8H,1-2H3,(H2,17,19,20);2-3H,1H3;1-2H,5H2,(H,7,8);1-2H,(H,6,7);6H,1-3,5H2. The summed E-state index contributed by atoms with van der Waals surface area (Å²) in [7, 11) is 5.33. The molecule has 0 saturated carbocycles. The largest absolute Gasteiger partial charge is 0.479 e. The fraction of sp³-hybridized carbons (Fsp3) is 0.191. The van der Waals surface area contributed by atoms with Crippen molar-refractivity contribution in [2.45, 2.75) is 55.5 Å². The highest BCUT2D eigenvalue weighted by molar-refractivity contribution is 7.13. The summed E-state index contributed by atoms with van der Waals surface area (Å²) in [6, 6.07) is 36.4. The molecule has 0 aliphatic carbocycles. The number of ether oxygens (including phenoxy) is 5. The third-order valence-electron chi connectivity index (χ3n) is 21.8. The van der Waals surface area contributed by atoms with Crippen LogP contribution in [0.4, 0.5) is 29.6 Å². The van der Waals surface area contributed by atoms with Crippen molar-refractivity contribution in [2.75, 3.05) is 83.0 Å². The van der Waals surface area contributed by atoms with Gasteiger partial charge in [-0.2, -0.15) is 54.3 Å². The molecule has 1 aliphatic heterocycles. The Bertz CT molecular complexity index is 7900. The van der Waals surface area contributed by atoms with Crippen LogP contribution in [0.2, 0.25) is 5.15 Å². The highest BCUT2D eigenvalue weighted by Gasteiger charge is 2.46. The SMILES string of the molecule is CC(C(=O)O)(c1ccccc1)n1ncc2c1nc(N)n1nc(-c3nccs3)nc21.COC(=O)C(C)(c1ccccc1)n1ncc2c(Cl)nc(N)nc21.COC(=O)C(C)(c1ccccc1)n1ncc2c(NCC(=O)c3nccs3)nc(N)nc21.COC(=O)C(C)(c1ccccc1)n1ncc2c1nc(N)n1nc(-c3nccs3)nc21.COC(=O)c1cncs1.NCC1(O)COC1.NNC(=O)c1cncs1.O=C(O)c1cncs1. The van der Waals surface area contributed by atoms with E-state index in [0.29, 0.717) is 140 Å². The van der Waals surface area contributed by atoms with Gasteiger partial charge in [-0.25, -0.2) is 83.2 Å². The molecule has 20 aromatic rings. The molecule has 1 amide bonds. The van der Waals surface area contributed by atoms with E-state index < -0.39 is 57.6 Å². The Kier molecular flexibility index (Phi) is 32.9. The minimum Gasteiger partial charge on any atom is -0.479 e. The first-order valence-electron chi connectivity index (χ1n) is 42.4. The van der Waals surface area contributed by atoms with Crippen molar-refractivity contribution in [2.24, 2.45) is 11.6 Å². The van der Waals surface area contributed by atoms with Gasteiger partial charge in [0.2, 0.25) is 41.2 Å². The minimum absolute atomic E-state index is 0.00419. The number of nitrogens with two attached hydrogens (primary N) is 6. The number of fused-ring (bicyclic) bond motifs is 8. The summed E-state index contributed by atoms with van der Waals surface area (Å²) in [5, 5.41) is 66.0. The van der Waals surface area contributed by atoms with Gasteiger partial charge in [0.25, 0.3) is 5.91 Å². The van der Waals surface area contributed by atoms with Gasteiger partial charge in [-0.1, -0.05) is 133 Å². The average molecular weight is 2110 g/mol. The minimum atomic E-state index is -1.49. The summed E-state index contributed by atoms with van der Waals surface area (Å²) in [4.78, 5) is 154. The monoisotopic (exact) mass is 2110 g/mol. The predicted molar refractivity (Wildman–Crippen MR) is 540 cm³/mol. The number of rotatable bonds is 22. The molecule has 4 unspecified atom stereocenters. The number of thiazole rings is 6. The van der Waals surface area contributed by atoms with Gasteiger partial charge in [-0.3, -0.25) is 30.0 Å². The number of carboxylic acids is 2. The number of hydrogen-bond donors (Lipinski definition) is 11. The summed E-state index contributed by atoms with van der Waals surface area (Å²) in [5.41, 5.74) is 34.7. The maximum Gasteiger partial charge on any atom is 0.349 e. The fourth-order valence-electron chi connectivity index (χ4n) is 14.1. The number of benzene rings is 4. The van der Waals surface area contributed by atoms with Crippen molar-refractivity contribution < 1.29 is 77.4 Å². The molecule has 0 radical (unpaired) electrons. The van der Waals surface area contributed by atoms with Gasteiger partial charge < -0.3 is 73.0 Å². The number of esters is 4. The first-order chi connectivity index (χ1) is 70.2. The normalized spacial score (nSPS) is 13.3. The number of nitrogen functional groups attached to an aromatic ring is 5. The Morgan fingerprint density at radius 1 is 0.459 bits per heavy atom. The molecule has 1 saturated heterocycles. The van der Waals surface area contributed by atoms with E-state index in [9.17, 15) is 43.5 Å². The third-order valence-corrected chi connectivity index (χ3v) is 26.7. The number of amides is 1. The van der Waals surface area contributed by atoms with Gasteiger partial charge in [-0.05, 0) is 49.9 Å². The molecule has 0 bridgehead atoms. The number of Topliss-reactive ketones (excluding diaryl/α,β-unsaturated/α-hetero) is 1. The number of aromatic carboxylic acids is 1. The van der Waals surface area contributed by atoms with Crippen molar-refractivity contribution in [3.05, 3.63) is 263 Å². The van der Waals surface area contributed by atoms with E-state index in [1.165, 1.54) is 156 Å². The average Bonchev–Trinajstić information content (AvgIpc) is 1.58. The van der Waals surface area contributed by atoms with E-state index in [2.05, 4.69) is 110 Å². The lowest BCUT2D eigenvalue weighted by molar-refractivity contribution is -0.171. The Labute approximate surface area is 852 Å². The van der Waals surface area contributed by atoms with Crippen LogP contribution < -0.4 is 45.3 Å². The number of nitrogens with one attached hydrogen (secondary N) is 2. The Balaban J connectivity index is 0.000000139. The highest BCUT2D eigenvalue weighted by Crippen LogP contribution is 2.39. The molecule has 1 aliphatic rings. The number of carbonyl (C=O) groups is 8. The summed E-state index contributed by atoms with van der Waals surface area (Å²) in [5.74, 6) is 1.94. The number of aliphatic hydroxyl groups is 1. The van der Waals surface area contributed by atoms with Crippen LogP contribution in [0.5, 0.6) is 0 Å². The van der Waals surface area contributed by atoms with Crippen LogP contribution in [0, 0.1) is 0 Å². The van der Waals surface area contributed by atoms with Gasteiger partial charge in [0.05, 0.1) is 130 Å². The molecule has 50 nitrogen and oxygen atoms in total. The molecule has 4 aromatic carbocycles. The number of aromatic nitrogens is 26. The first kappa shape index (κ1) is 105. The van der Waals surface area contributed by atoms with Crippen LogP contribution in [0.15, 0.2) is 216 Å². The van der Waals surface area contributed by atoms with Crippen LogP contribution in [0.25, 0.3) is 77.1 Å². The van der Waals surface area contributed by atoms with Crippen molar-refractivity contribution in [3.8, 4) is 21.7 Å². The molecule has 17 heterocycles. The van der Waals surface area contributed by atoms with Gasteiger partial charge in [0.1, 0.15) is 31.2 Å². The second-order valence-electron chi connectivity index (χ2n) is 30.9. The predicted octanol–water partition coefficient (Wildman–Crippen LogP) is 8.46. The van der Waals surface area contributed by atoms with E-state index in [0.717, 1.165) is 11.3 Å². The Morgan fingerprint density at radius 2 is 0.842 bits per heavy atom. The molecule has 0 spiro atoms. The number of hydrazine groups is 1. The van der Waals surface area contributed by atoms with Crippen molar-refractivity contribution in [1.82, 2.24) is 134 Å². The molecule has 146 heavy (non-hydrogen) atoms. The number of anilines is 5. The second-order valence-corrected chi connectivity index (χ2v) is 36.6. The molecule has 1 fully saturated rings. The zero-order chi connectivity index (χ0) is 104. The molecule has 4 atom stereocenters.